The summed E-state index contributed by atoms with van der Waals surface area (Å²) in [7, 11) is 0. The number of thioether (sulfide) groups is 1. The minimum absolute atomic E-state index is 0.134. The van der Waals surface area contributed by atoms with Crippen molar-refractivity contribution in [2.24, 2.45) is 0 Å². The lowest BCUT2D eigenvalue weighted by atomic mass is 10.1. The smallest absolute Gasteiger partial charge is 0.251 e. The van der Waals surface area contributed by atoms with Crippen LogP contribution in [0.1, 0.15) is 27.4 Å². The number of hydrogen-bond acceptors (Lipinski definition) is 4. The van der Waals surface area contributed by atoms with Crippen LogP contribution in [0.3, 0.4) is 0 Å². The molecule has 31 heavy (non-hydrogen) atoms. The van der Waals surface area contributed by atoms with Gasteiger partial charge in [-0.25, -0.2) is 4.98 Å². The average Bonchev–Trinajstić information content (AvgIpc) is 3.18. The fourth-order valence-electron chi connectivity index (χ4n) is 3.00. The molecule has 1 amide bonds. The van der Waals surface area contributed by atoms with E-state index in [0.717, 1.165) is 28.3 Å². The van der Waals surface area contributed by atoms with Crippen LogP contribution in [0, 0.1) is 6.92 Å². The zero-order chi connectivity index (χ0) is 21.6. The van der Waals surface area contributed by atoms with Gasteiger partial charge in [-0.1, -0.05) is 41.9 Å². The van der Waals surface area contributed by atoms with Crippen LogP contribution in [0.4, 0.5) is 0 Å². The molecule has 0 fully saturated rings. The Morgan fingerprint density at radius 1 is 1.00 bits per heavy atom. The van der Waals surface area contributed by atoms with E-state index in [1.54, 1.807) is 23.9 Å². The van der Waals surface area contributed by atoms with Gasteiger partial charge in [0.15, 0.2) is 0 Å². The largest absolute Gasteiger partial charge is 0.441 e. The summed E-state index contributed by atoms with van der Waals surface area (Å²) >= 11 is 7.62. The number of halogens is 1. The topological polar surface area (TPSA) is 55.1 Å². The molecule has 0 atom stereocenters. The fraction of sp³-hybridized carbons (Fsp3) is 0.120. The number of oxazole rings is 1. The van der Waals surface area contributed by atoms with Crippen LogP contribution >= 0.6 is 23.4 Å². The maximum Gasteiger partial charge on any atom is 0.251 e. The molecule has 0 radical (unpaired) electrons. The van der Waals surface area contributed by atoms with Gasteiger partial charge in [-0.3, -0.25) is 4.79 Å². The molecule has 156 valence electrons. The Balaban J connectivity index is 1.38. The minimum atomic E-state index is -0.134. The van der Waals surface area contributed by atoms with E-state index in [1.165, 1.54) is 4.90 Å². The first-order chi connectivity index (χ1) is 15.1. The molecular formula is C25H21ClN2O2S. The Labute approximate surface area is 190 Å². The molecule has 1 aromatic heterocycles. The van der Waals surface area contributed by atoms with Gasteiger partial charge in [0.2, 0.25) is 5.89 Å². The van der Waals surface area contributed by atoms with Crippen molar-refractivity contribution in [3.63, 3.8) is 0 Å². The number of benzene rings is 3. The maximum absolute atomic E-state index is 12.4. The van der Waals surface area contributed by atoms with Crippen LogP contribution in [0.2, 0.25) is 5.02 Å². The first kappa shape index (κ1) is 21.2. The van der Waals surface area contributed by atoms with Gasteiger partial charge in [0.1, 0.15) is 5.76 Å². The Morgan fingerprint density at radius 3 is 2.42 bits per heavy atom. The molecule has 4 aromatic rings. The highest BCUT2D eigenvalue weighted by atomic mass is 35.5. The number of carbonyl (C=O) groups is 1. The Morgan fingerprint density at radius 2 is 1.71 bits per heavy atom. The van der Waals surface area contributed by atoms with Gasteiger partial charge < -0.3 is 9.73 Å². The summed E-state index contributed by atoms with van der Waals surface area (Å²) in [6.45, 7) is 2.37. The molecule has 0 saturated heterocycles. The van der Waals surface area contributed by atoms with E-state index in [-0.39, 0.29) is 5.91 Å². The second-order valence-corrected chi connectivity index (χ2v) is 8.50. The Kier molecular flexibility index (Phi) is 6.75. The molecule has 3 aromatic carbocycles. The third kappa shape index (κ3) is 5.57. The van der Waals surface area contributed by atoms with Gasteiger partial charge in [-0.05, 0) is 61.0 Å². The molecule has 6 heteroatoms. The summed E-state index contributed by atoms with van der Waals surface area (Å²) in [5, 5.41) is 3.59. The second-order valence-electron chi connectivity index (χ2n) is 7.01. The molecule has 0 aliphatic rings. The van der Waals surface area contributed by atoms with Crippen molar-refractivity contribution in [3.8, 4) is 11.5 Å². The first-order valence-electron chi connectivity index (χ1n) is 9.86. The number of aromatic nitrogens is 1. The predicted molar refractivity (Wildman–Crippen MR) is 125 cm³/mol. The molecule has 0 unspecified atom stereocenters. The molecular weight excluding hydrogens is 428 g/mol. The summed E-state index contributed by atoms with van der Waals surface area (Å²) < 4.78 is 5.87. The number of amides is 1. The zero-order valence-electron chi connectivity index (χ0n) is 17.0. The van der Waals surface area contributed by atoms with Gasteiger partial charge in [0.25, 0.3) is 5.91 Å². The number of aryl methyl sites for hydroxylation is 1. The van der Waals surface area contributed by atoms with E-state index in [2.05, 4.69) is 22.4 Å². The van der Waals surface area contributed by atoms with Crippen LogP contribution in [0.5, 0.6) is 0 Å². The Hall–Kier alpha value is -3.02. The van der Waals surface area contributed by atoms with Gasteiger partial charge in [0, 0.05) is 33.3 Å². The van der Waals surface area contributed by atoms with Crippen LogP contribution in [0.15, 0.2) is 88.2 Å². The van der Waals surface area contributed by atoms with E-state index in [1.807, 2.05) is 61.5 Å². The zero-order valence-corrected chi connectivity index (χ0v) is 18.5. The van der Waals surface area contributed by atoms with E-state index < -0.39 is 0 Å². The molecule has 1 N–H and O–H groups in total. The van der Waals surface area contributed by atoms with E-state index in [0.29, 0.717) is 23.0 Å². The van der Waals surface area contributed by atoms with Crippen molar-refractivity contribution < 1.29 is 9.21 Å². The van der Waals surface area contributed by atoms with Gasteiger partial charge >= 0.3 is 0 Å². The van der Waals surface area contributed by atoms with Crippen molar-refractivity contribution in [2.45, 2.75) is 24.1 Å². The maximum atomic E-state index is 12.4. The van der Waals surface area contributed by atoms with E-state index in [4.69, 9.17) is 16.0 Å². The van der Waals surface area contributed by atoms with Crippen molar-refractivity contribution in [1.29, 1.82) is 0 Å². The van der Waals surface area contributed by atoms with Gasteiger partial charge in [0.05, 0.1) is 5.69 Å². The summed E-state index contributed by atoms with van der Waals surface area (Å²) in [6, 6.07) is 24.9. The SMILES string of the molecule is Cc1oc(-c2ccc(C(=O)NCc3ccc(Cl)cc3)cc2)nc1CSc1ccccc1. The number of hydrogen-bond donors (Lipinski definition) is 1. The quantitative estimate of drug-likeness (QED) is 0.327. The molecule has 0 bridgehead atoms. The standard InChI is InChI=1S/C25H21ClN2O2S/c1-17-23(16-31-22-5-3-2-4-6-22)28-25(30-17)20-11-9-19(10-12-20)24(29)27-15-18-7-13-21(26)14-8-18/h2-14H,15-16H2,1H3,(H,27,29). The molecule has 1 heterocycles. The van der Waals surface area contributed by atoms with Gasteiger partial charge in [-0.2, -0.15) is 0 Å². The van der Waals surface area contributed by atoms with Gasteiger partial charge in [-0.15, -0.1) is 11.8 Å². The van der Waals surface area contributed by atoms with Crippen molar-refractivity contribution in [3.05, 3.63) is 106 Å². The summed E-state index contributed by atoms with van der Waals surface area (Å²) in [6.07, 6.45) is 0. The molecule has 0 aliphatic carbocycles. The lowest BCUT2D eigenvalue weighted by molar-refractivity contribution is 0.0951. The summed E-state index contributed by atoms with van der Waals surface area (Å²) in [5.74, 6) is 1.98. The van der Waals surface area contributed by atoms with E-state index in [9.17, 15) is 4.79 Å². The number of rotatable bonds is 7. The van der Waals surface area contributed by atoms with Crippen LogP contribution < -0.4 is 5.32 Å². The van der Waals surface area contributed by atoms with Crippen LogP contribution in [-0.2, 0) is 12.3 Å². The fourth-order valence-corrected chi connectivity index (χ4v) is 4.05. The van der Waals surface area contributed by atoms with Crippen LogP contribution in [0.25, 0.3) is 11.5 Å². The van der Waals surface area contributed by atoms with Crippen LogP contribution in [-0.4, -0.2) is 10.9 Å². The van der Waals surface area contributed by atoms with Crippen molar-refractivity contribution >= 4 is 29.3 Å². The summed E-state index contributed by atoms with van der Waals surface area (Å²) in [5.41, 5.74) is 3.34. The number of nitrogens with zero attached hydrogens (tertiary/aromatic N) is 1. The normalized spacial score (nSPS) is 10.8. The molecule has 0 aliphatic heterocycles. The molecule has 0 spiro atoms. The third-order valence-electron chi connectivity index (χ3n) is 4.77. The lowest BCUT2D eigenvalue weighted by Gasteiger charge is -2.06. The highest BCUT2D eigenvalue weighted by Crippen LogP contribution is 2.27. The van der Waals surface area contributed by atoms with Crippen molar-refractivity contribution in [1.82, 2.24) is 10.3 Å². The number of carbonyl (C=O) groups excluding carboxylic acids is 1. The third-order valence-corrected chi connectivity index (χ3v) is 6.05. The molecule has 4 nitrogen and oxygen atoms in total. The molecule has 0 saturated carbocycles. The monoisotopic (exact) mass is 448 g/mol. The minimum Gasteiger partial charge on any atom is -0.441 e. The summed E-state index contributed by atoms with van der Waals surface area (Å²) in [4.78, 5) is 18.3. The number of nitrogens with one attached hydrogen (secondary N) is 1. The molecule has 4 rings (SSSR count). The highest BCUT2D eigenvalue weighted by molar-refractivity contribution is 7.98. The van der Waals surface area contributed by atoms with E-state index >= 15 is 0 Å². The van der Waals surface area contributed by atoms with Crippen molar-refractivity contribution in [2.75, 3.05) is 0 Å². The first-order valence-corrected chi connectivity index (χ1v) is 11.2. The Bertz CT molecular complexity index is 1160. The highest BCUT2D eigenvalue weighted by Gasteiger charge is 2.13. The average molecular weight is 449 g/mol. The second kappa shape index (κ2) is 9.86. The lowest BCUT2D eigenvalue weighted by Crippen LogP contribution is -2.22. The predicted octanol–water partition coefficient (Wildman–Crippen LogP) is 6.53.